The minimum Gasteiger partial charge on any atom is -0.495 e. The first-order valence-corrected chi connectivity index (χ1v) is 5.32. The fourth-order valence-electron chi connectivity index (χ4n) is 1.50. The Morgan fingerprint density at radius 3 is 2.79 bits per heavy atom. The van der Waals surface area contributed by atoms with Gasteiger partial charge in [-0.25, -0.2) is 9.47 Å². The zero-order chi connectivity index (χ0) is 13.8. The maximum Gasteiger partial charge on any atom is 0.347 e. The fraction of sp³-hybridized carbons (Fsp3) is 0.0833. The zero-order valence-electron chi connectivity index (χ0n) is 10.0. The van der Waals surface area contributed by atoms with Crippen molar-refractivity contribution in [2.24, 2.45) is 0 Å². The van der Waals surface area contributed by atoms with Crippen molar-refractivity contribution in [3.05, 3.63) is 56.9 Å². The van der Waals surface area contributed by atoms with Crippen LogP contribution in [0.15, 0.2) is 40.1 Å². The maximum atomic E-state index is 11.6. The second kappa shape index (κ2) is 5.10. The van der Waals surface area contributed by atoms with Gasteiger partial charge in [-0.05, 0) is 12.1 Å². The molecule has 0 saturated heterocycles. The predicted octanol–water partition coefficient (Wildman–Crippen LogP) is 0.292. The van der Waals surface area contributed by atoms with Crippen LogP contribution in [-0.4, -0.2) is 16.8 Å². The number of nitriles is 1. The number of H-pyrrole nitrogens is 1. The summed E-state index contributed by atoms with van der Waals surface area (Å²) in [6, 6.07) is 8.65. The first-order chi connectivity index (χ1) is 9.15. The first-order valence-electron chi connectivity index (χ1n) is 5.32. The van der Waals surface area contributed by atoms with Gasteiger partial charge >= 0.3 is 5.69 Å². The van der Waals surface area contributed by atoms with E-state index in [1.165, 1.54) is 7.11 Å². The molecule has 0 atom stereocenters. The minimum absolute atomic E-state index is 0.165. The first kappa shape index (κ1) is 12.4. The lowest BCUT2D eigenvalue weighted by Gasteiger charge is -2.12. The van der Waals surface area contributed by atoms with Crippen LogP contribution in [0, 0.1) is 11.3 Å². The molecule has 0 fully saturated rings. The van der Waals surface area contributed by atoms with Gasteiger partial charge in [0.25, 0.3) is 5.56 Å². The number of rotatable bonds is 3. The smallest absolute Gasteiger partial charge is 0.347 e. The average molecular weight is 258 g/mol. The molecule has 0 aliphatic rings. The van der Waals surface area contributed by atoms with Crippen LogP contribution >= 0.6 is 0 Å². The van der Waals surface area contributed by atoms with Gasteiger partial charge in [-0.15, -0.1) is 0 Å². The number of anilines is 1. The molecule has 19 heavy (non-hydrogen) atoms. The highest BCUT2D eigenvalue weighted by atomic mass is 16.5. The molecule has 0 saturated carbocycles. The van der Waals surface area contributed by atoms with E-state index in [4.69, 9.17) is 10.00 Å². The van der Waals surface area contributed by atoms with Crippen LogP contribution in [0.25, 0.3) is 0 Å². The lowest BCUT2D eigenvalue weighted by Crippen LogP contribution is -2.34. The van der Waals surface area contributed by atoms with Crippen molar-refractivity contribution in [3.8, 4) is 11.8 Å². The second-order valence-electron chi connectivity index (χ2n) is 3.60. The summed E-state index contributed by atoms with van der Waals surface area (Å²) in [6.07, 6.45) is 1.13. The van der Waals surface area contributed by atoms with E-state index in [0.717, 1.165) is 10.9 Å². The number of para-hydroxylation sites is 2. The molecule has 1 aromatic carbocycles. The Bertz CT molecular complexity index is 755. The minimum atomic E-state index is -0.717. The number of ether oxygens (including phenoxy) is 1. The van der Waals surface area contributed by atoms with Crippen LogP contribution in [-0.2, 0) is 0 Å². The van der Waals surface area contributed by atoms with Gasteiger partial charge in [-0.3, -0.25) is 15.2 Å². The Hall–Kier alpha value is -3.01. The van der Waals surface area contributed by atoms with Gasteiger partial charge < -0.3 is 4.74 Å². The highest BCUT2D eigenvalue weighted by Crippen LogP contribution is 2.22. The van der Waals surface area contributed by atoms with E-state index in [0.29, 0.717) is 11.4 Å². The summed E-state index contributed by atoms with van der Waals surface area (Å²) in [7, 11) is 1.50. The second-order valence-corrected chi connectivity index (χ2v) is 3.60. The van der Waals surface area contributed by atoms with E-state index in [2.05, 4.69) is 5.43 Å². The molecule has 0 unspecified atom stereocenters. The third kappa shape index (κ3) is 2.47. The molecule has 0 spiro atoms. The Balaban J connectivity index is 2.47. The fourth-order valence-corrected chi connectivity index (χ4v) is 1.50. The van der Waals surface area contributed by atoms with Crippen molar-refractivity contribution in [2.75, 3.05) is 12.5 Å². The van der Waals surface area contributed by atoms with Crippen molar-refractivity contribution in [2.45, 2.75) is 0 Å². The highest BCUT2D eigenvalue weighted by Gasteiger charge is 2.06. The average Bonchev–Trinajstić information content (AvgIpc) is 2.42. The lowest BCUT2D eigenvalue weighted by molar-refractivity contribution is 0.416. The standard InChI is InChI=1S/C12H10N4O3/c1-19-10-5-3-2-4-9(10)15-16-7-8(6-13)11(17)14-12(16)18/h2-5,7,15H,1H3,(H,14,17,18). The summed E-state index contributed by atoms with van der Waals surface area (Å²) in [4.78, 5) is 24.9. The molecule has 0 aliphatic carbocycles. The number of aromatic nitrogens is 2. The zero-order valence-corrected chi connectivity index (χ0v) is 10.0. The van der Waals surface area contributed by atoms with Gasteiger partial charge in [0.1, 0.15) is 17.4 Å². The molecule has 0 bridgehead atoms. The summed E-state index contributed by atoms with van der Waals surface area (Å²) in [5.41, 5.74) is 1.73. The molecular formula is C12H10N4O3. The molecule has 0 amide bonds. The Kier molecular flexibility index (Phi) is 3.34. The van der Waals surface area contributed by atoms with Crippen LogP contribution in [0.2, 0.25) is 0 Å². The van der Waals surface area contributed by atoms with E-state index in [1.807, 2.05) is 4.98 Å². The van der Waals surface area contributed by atoms with Crippen LogP contribution in [0.5, 0.6) is 5.75 Å². The van der Waals surface area contributed by atoms with Gasteiger partial charge in [0.2, 0.25) is 0 Å². The third-order valence-corrected chi connectivity index (χ3v) is 2.41. The molecule has 7 heteroatoms. The summed E-state index contributed by atoms with van der Waals surface area (Å²) < 4.78 is 6.13. The molecule has 2 N–H and O–H groups in total. The van der Waals surface area contributed by atoms with Gasteiger partial charge in [-0.2, -0.15) is 5.26 Å². The summed E-state index contributed by atoms with van der Waals surface area (Å²) in [5.74, 6) is 0.527. The monoisotopic (exact) mass is 258 g/mol. The largest absolute Gasteiger partial charge is 0.495 e. The Morgan fingerprint density at radius 1 is 1.37 bits per heavy atom. The number of nitrogens with one attached hydrogen (secondary N) is 2. The third-order valence-electron chi connectivity index (χ3n) is 2.41. The number of benzene rings is 1. The summed E-state index contributed by atoms with van der Waals surface area (Å²) in [5, 5.41) is 8.76. The molecule has 0 radical (unpaired) electrons. The topological polar surface area (TPSA) is 99.9 Å². The van der Waals surface area contributed by atoms with Crippen LogP contribution < -0.4 is 21.4 Å². The number of hydrogen-bond acceptors (Lipinski definition) is 5. The number of hydrogen-bond donors (Lipinski definition) is 2. The van der Waals surface area contributed by atoms with Gasteiger partial charge in [0.15, 0.2) is 0 Å². The lowest BCUT2D eigenvalue weighted by atomic mass is 10.3. The molecule has 1 heterocycles. The van der Waals surface area contributed by atoms with Crippen LogP contribution in [0.1, 0.15) is 5.56 Å². The SMILES string of the molecule is COc1ccccc1Nn1cc(C#N)c(=O)[nH]c1=O. The van der Waals surface area contributed by atoms with Gasteiger partial charge in [0, 0.05) is 0 Å². The molecular weight excluding hydrogens is 248 g/mol. The van der Waals surface area contributed by atoms with Crippen molar-refractivity contribution >= 4 is 5.69 Å². The Morgan fingerprint density at radius 2 is 2.11 bits per heavy atom. The van der Waals surface area contributed by atoms with Crippen LogP contribution in [0.3, 0.4) is 0 Å². The molecule has 0 aliphatic heterocycles. The van der Waals surface area contributed by atoms with Gasteiger partial charge in [0.05, 0.1) is 19.0 Å². The number of nitrogens with zero attached hydrogens (tertiary/aromatic N) is 2. The molecule has 1 aromatic heterocycles. The van der Waals surface area contributed by atoms with E-state index in [1.54, 1.807) is 30.3 Å². The van der Waals surface area contributed by atoms with Crippen molar-refractivity contribution in [3.63, 3.8) is 0 Å². The maximum absolute atomic E-state index is 11.6. The summed E-state index contributed by atoms with van der Waals surface area (Å²) in [6.45, 7) is 0. The predicted molar refractivity (Wildman–Crippen MR) is 68.1 cm³/mol. The van der Waals surface area contributed by atoms with Crippen molar-refractivity contribution in [1.82, 2.24) is 9.66 Å². The normalized spacial score (nSPS) is 9.68. The van der Waals surface area contributed by atoms with Crippen molar-refractivity contribution < 1.29 is 4.74 Å². The van der Waals surface area contributed by atoms with Crippen molar-refractivity contribution in [1.29, 1.82) is 5.26 Å². The van der Waals surface area contributed by atoms with E-state index < -0.39 is 11.2 Å². The molecule has 96 valence electrons. The Labute approximate surface area is 107 Å². The van der Waals surface area contributed by atoms with Crippen LogP contribution in [0.4, 0.5) is 5.69 Å². The summed E-state index contributed by atoms with van der Waals surface area (Å²) >= 11 is 0. The van der Waals surface area contributed by atoms with E-state index in [-0.39, 0.29) is 5.56 Å². The molecule has 2 rings (SSSR count). The van der Waals surface area contributed by atoms with Gasteiger partial charge in [-0.1, -0.05) is 12.1 Å². The number of methoxy groups -OCH3 is 1. The van der Waals surface area contributed by atoms with E-state index in [9.17, 15) is 9.59 Å². The highest BCUT2D eigenvalue weighted by molar-refractivity contribution is 5.55. The molecule has 7 nitrogen and oxygen atoms in total. The number of aromatic amines is 1. The van der Waals surface area contributed by atoms with E-state index >= 15 is 0 Å². The molecule has 2 aromatic rings. The quantitative estimate of drug-likeness (QED) is 0.824.